The summed E-state index contributed by atoms with van der Waals surface area (Å²) in [6, 6.07) is 9.43. The van der Waals surface area contributed by atoms with Crippen molar-refractivity contribution in [2.45, 2.75) is 13.8 Å². The van der Waals surface area contributed by atoms with Crippen LogP contribution in [-0.2, 0) is 0 Å². The van der Waals surface area contributed by atoms with Crippen molar-refractivity contribution in [2.75, 3.05) is 19.5 Å². The summed E-state index contributed by atoms with van der Waals surface area (Å²) in [7, 11) is 3.23. The number of methoxy groups -OCH3 is 2. The lowest BCUT2D eigenvalue weighted by atomic mass is 10.1. The number of ether oxygens (including phenoxy) is 2. The molecule has 3 heterocycles. The van der Waals surface area contributed by atoms with Gasteiger partial charge >= 0.3 is 0 Å². The first-order valence-electron chi connectivity index (χ1n) is 8.37. The van der Waals surface area contributed by atoms with E-state index in [1.807, 2.05) is 38.1 Å². The van der Waals surface area contributed by atoms with Gasteiger partial charge in [0.15, 0.2) is 23.0 Å². The molecule has 0 amide bonds. The SMILES string of the molecule is COc1ccc(-c2c(C)nn3c(Nc4ccon4)cc(C)nc23)cc1OC. The largest absolute Gasteiger partial charge is 0.493 e. The number of rotatable bonds is 5. The van der Waals surface area contributed by atoms with E-state index < -0.39 is 0 Å². The number of nitrogens with one attached hydrogen (secondary N) is 1. The van der Waals surface area contributed by atoms with Crippen molar-refractivity contribution in [3.8, 4) is 22.6 Å². The highest BCUT2D eigenvalue weighted by molar-refractivity contribution is 5.82. The highest BCUT2D eigenvalue weighted by Gasteiger charge is 2.18. The van der Waals surface area contributed by atoms with E-state index in [2.05, 4.69) is 15.6 Å². The van der Waals surface area contributed by atoms with Crippen LogP contribution < -0.4 is 14.8 Å². The van der Waals surface area contributed by atoms with Crippen LogP contribution in [0.1, 0.15) is 11.4 Å². The highest BCUT2D eigenvalue weighted by atomic mass is 16.5. The maximum Gasteiger partial charge on any atom is 0.174 e. The fourth-order valence-corrected chi connectivity index (χ4v) is 3.07. The first kappa shape index (κ1) is 16.9. The van der Waals surface area contributed by atoms with E-state index in [1.54, 1.807) is 24.8 Å². The molecule has 1 aromatic carbocycles. The Morgan fingerprint density at radius 2 is 1.85 bits per heavy atom. The normalized spacial score (nSPS) is 11.0. The number of nitrogens with zero attached hydrogens (tertiary/aromatic N) is 4. The number of anilines is 2. The van der Waals surface area contributed by atoms with Gasteiger partial charge in [-0.2, -0.15) is 9.61 Å². The molecule has 8 heteroatoms. The Balaban J connectivity index is 1.89. The van der Waals surface area contributed by atoms with Crippen LogP contribution in [0.5, 0.6) is 11.5 Å². The number of benzene rings is 1. The van der Waals surface area contributed by atoms with Crippen LogP contribution in [0.2, 0.25) is 0 Å². The second kappa shape index (κ2) is 6.64. The lowest BCUT2D eigenvalue weighted by molar-refractivity contribution is 0.355. The van der Waals surface area contributed by atoms with Gasteiger partial charge in [0, 0.05) is 23.4 Å². The van der Waals surface area contributed by atoms with E-state index in [4.69, 9.17) is 19.0 Å². The van der Waals surface area contributed by atoms with Gasteiger partial charge in [-0.05, 0) is 31.5 Å². The lowest BCUT2D eigenvalue weighted by Crippen LogP contribution is -2.02. The highest BCUT2D eigenvalue weighted by Crippen LogP contribution is 2.36. The van der Waals surface area contributed by atoms with E-state index in [0.717, 1.165) is 34.0 Å². The van der Waals surface area contributed by atoms with E-state index in [-0.39, 0.29) is 0 Å². The van der Waals surface area contributed by atoms with E-state index in [0.29, 0.717) is 17.3 Å². The predicted octanol–water partition coefficient (Wildman–Crippen LogP) is 3.76. The van der Waals surface area contributed by atoms with E-state index in [1.165, 1.54) is 6.26 Å². The summed E-state index contributed by atoms with van der Waals surface area (Å²) in [4.78, 5) is 4.71. The van der Waals surface area contributed by atoms with Gasteiger partial charge < -0.3 is 19.3 Å². The van der Waals surface area contributed by atoms with Crippen molar-refractivity contribution >= 4 is 17.3 Å². The van der Waals surface area contributed by atoms with Crippen molar-refractivity contribution in [3.63, 3.8) is 0 Å². The van der Waals surface area contributed by atoms with Gasteiger partial charge in [0.25, 0.3) is 0 Å². The van der Waals surface area contributed by atoms with Crippen LogP contribution in [0.25, 0.3) is 16.8 Å². The third-order valence-corrected chi connectivity index (χ3v) is 4.26. The zero-order valence-corrected chi connectivity index (χ0v) is 15.5. The zero-order chi connectivity index (χ0) is 19.0. The maximum atomic E-state index is 5.44. The van der Waals surface area contributed by atoms with Crippen molar-refractivity contribution in [3.05, 3.63) is 48.0 Å². The number of aromatic nitrogens is 4. The topological polar surface area (TPSA) is 86.7 Å². The first-order chi connectivity index (χ1) is 13.1. The van der Waals surface area contributed by atoms with Gasteiger partial charge in [0.1, 0.15) is 12.1 Å². The van der Waals surface area contributed by atoms with Crippen molar-refractivity contribution in [1.82, 2.24) is 19.8 Å². The second-order valence-electron chi connectivity index (χ2n) is 6.06. The van der Waals surface area contributed by atoms with Crippen LogP contribution in [-0.4, -0.2) is 34.0 Å². The zero-order valence-electron chi connectivity index (χ0n) is 15.5. The van der Waals surface area contributed by atoms with Gasteiger partial charge in [-0.1, -0.05) is 11.2 Å². The fraction of sp³-hybridized carbons (Fsp3) is 0.211. The molecule has 3 aromatic heterocycles. The smallest absolute Gasteiger partial charge is 0.174 e. The molecule has 0 unspecified atom stereocenters. The van der Waals surface area contributed by atoms with Crippen molar-refractivity contribution in [2.24, 2.45) is 0 Å². The summed E-state index contributed by atoms with van der Waals surface area (Å²) in [6.45, 7) is 3.89. The van der Waals surface area contributed by atoms with E-state index in [9.17, 15) is 0 Å². The molecule has 1 N–H and O–H groups in total. The summed E-state index contributed by atoms with van der Waals surface area (Å²) in [6.07, 6.45) is 1.51. The van der Waals surface area contributed by atoms with Crippen LogP contribution >= 0.6 is 0 Å². The molecule has 0 atom stereocenters. The van der Waals surface area contributed by atoms with Gasteiger partial charge in [0.2, 0.25) is 0 Å². The summed E-state index contributed by atoms with van der Waals surface area (Å²) in [5, 5.41) is 11.8. The minimum atomic E-state index is 0.600. The Morgan fingerprint density at radius 1 is 1.04 bits per heavy atom. The first-order valence-corrected chi connectivity index (χ1v) is 8.37. The Bertz CT molecular complexity index is 1100. The fourth-order valence-electron chi connectivity index (χ4n) is 3.07. The number of hydrogen-bond acceptors (Lipinski definition) is 7. The Morgan fingerprint density at radius 3 is 2.56 bits per heavy atom. The third-order valence-electron chi connectivity index (χ3n) is 4.26. The standard InChI is InChI=1S/C19H19N5O3/c1-11-9-17(21-16-7-8-27-23-16)24-19(20-11)18(12(2)22-24)13-5-6-14(25-3)15(10-13)26-4/h5-10H,1-4H3,(H,21,23). The van der Waals surface area contributed by atoms with Crippen LogP contribution in [0.15, 0.2) is 41.1 Å². The van der Waals surface area contributed by atoms with Gasteiger partial charge in [0.05, 0.1) is 19.9 Å². The summed E-state index contributed by atoms with van der Waals surface area (Å²) < 4.78 is 17.4. The maximum absolute atomic E-state index is 5.44. The van der Waals surface area contributed by atoms with Crippen LogP contribution in [0.3, 0.4) is 0 Å². The molecule has 0 aliphatic carbocycles. The van der Waals surface area contributed by atoms with Crippen LogP contribution in [0.4, 0.5) is 11.6 Å². The van der Waals surface area contributed by atoms with Gasteiger partial charge in [-0.3, -0.25) is 0 Å². The number of fused-ring (bicyclic) bond motifs is 1. The quantitative estimate of drug-likeness (QED) is 0.576. The number of hydrogen-bond donors (Lipinski definition) is 1. The summed E-state index contributed by atoms with van der Waals surface area (Å²) >= 11 is 0. The molecular weight excluding hydrogens is 346 g/mol. The molecule has 0 saturated heterocycles. The second-order valence-corrected chi connectivity index (χ2v) is 6.06. The molecule has 0 radical (unpaired) electrons. The number of aryl methyl sites for hydroxylation is 2. The average Bonchev–Trinajstić information content (AvgIpc) is 3.28. The minimum absolute atomic E-state index is 0.600. The molecular formula is C19H19N5O3. The van der Waals surface area contributed by atoms with Crippen LogP contribution in [0, 0.1) is 13.8 Å². The molecule has 8 nitrogen and oxygen atoms in total. The summed E-state index contributed by atoms with van der Waals surface area (Å²) in [5.41, 5.74) is 4.33. The molecule has 0 bridgehead atoms. The molecule has 0 spiro atoms. The molecule has 138 valence electrons. The molecule has 0 fully saturated rings. The van der Waals surface area contributed by atoms with E-state index >= 15 is 0 Å². The average molecular weight is 365 g/mol. The molecule has 27 heavy (non-hydrogen) atoms. The van der Waals surface area contributed by atoms with Gasteiger partial charge in [-0.15, -0.1) is 0 Å². The Kier molecular flexibility index (Phi) is 4.15. The molecule has 0 saturated carbocycles. The molecule has 4 rings (SSSR count). The lowest BCUT2D eigenvalue weighted by Gasteiger charge is -2.10. The molecule has 0 aliphatic rings. The monoisotopic (exact) mass is 365 g/mol. The third kappa shape index (κ3) is 2.95. The molecule has 0 aliphatic heterocycles. The summed E-state index contributed by atoms with van der Waals surface area (Å²) in [5.74, 6) is 2.68. The Labute approximate surface area is 155 Å². The minimum Gasteiger partial charge on any atom is -0.493 e. The van der Waals surface area contributed by atoms with Crippen molar-refractivity contribution < 1.29 is 14.0 Å². The molecule has 4 aromatic rings. The van der Waals surface area contributed by atoms with Crippen molar-refractivity contribution in [1.29, 1.82) is 0 Å². The van der Waals surface area contributed by atoms with Gasteiger partial charge in [-0.25, -0.2) is 4.98 Å². The predicted molar refractivity (Wildman–Crippen MR) is 101 cm³/mol. The Hall–Kier alpha value is -3.55.